The second-order valence-electron chi connectivity index (χ2n) is 25.7. The van der Waals surface area contributed by atoms with E-state index in [0.717, 1.165) is 44.9 Å². The number of rotatable bonds is 60. The van der Waals surface area contributed by atoms with Gasteiger partial charge in [-0.1, -0.05) is 321 Å². The maximum atomic E-state index is 13.3. The molecule has 0 spiro atoms. The second kappa shape index (κ2) is 55.8. The van der Waals surface area contributed by atoms with Crippen molar-refractivity contribution in [1.29, 1.82) is 0 Å². The largest absolute Gasteiger partial charge is 0.394 e. The number of hydrogen-bond donors (Lipinski definition) is 9. The Hall–Kier alpha value is -1.27. The van der Waals surface area contributed by atoms with E-state index in [9.17, 15) is 45.6 Å². The third kappa shape index (κ3) is 39.7. The standard InChI is InChI=1S/C70H135NO13/c1-3-5-7-9-11-13-15-17-19-21-22-23-24-25-26-27-28-29-30-31-32-33-34-35-36-38-40-42-44-46-48-50-52-54-62(75)71-58(59(74)53-51-49-47-45-43-41-39-37-20-18-16-14-12-10-8-6-4-2)57-81-69-67(80)65(78)68(61(56-73)83-69)84-70-66(79)64(77)63(76)60(55-72)82-70/h51,53,58-61,63-70,72-74,76-80H,3-50,52,54-57H2,1-2H3,(H,71,75)/b53-51+. The highest BCUT2D eigenvalue weighted by Crippen LogP contribution is 2.30. The van der Waals surface area contributed by atoms with E-state index in [1.54, 1.807) is 6.08 Å². The molecule has 0 saturated carbocycles. The highest BCUT2D eigenvalue weighted by Gasteiger charge is 2.51. The van der Waals surface area contributed by atoms with Crippen molar-refractivity contribution in [3.63, 3.8) is 0 Å². The van der Waals surface area contributed by atoms with Gasteiger partial charge in [-0.2, -0.15) is 0 Å². The van der Waals surface area contributed by atoms with Crippen LogP contribution in [0.2, 0.25) is 0 Å². The molecule has 84 heavy (non-hydrogen) atoms. The molecule has 1 amide bonds. The van der Waals surface area contributed by atoms with E-state index in [1.807, 2.05) is 6.08 Å². The van der Waals surface area contributed by atoms with Gasteiger partial charge in [-0.3, -0.25) is 4.79 Å². The van der Waals surface area contributed by atoms with Crippen LogP contribution in [0, 0.1) is 0 Å². The van der Waals surface area contributed by atoms with Gasteiger partial charge in [0, 0.05) is 6.42 Å². The first kappa shape index (κ1) is 78.8. The maximum absolute atomic E-state index is 13.3. The normalized spacial score (nSPS) is 23.6. The van der Waals surface area contributed by atoms with Gasteiger partial charge in [0.2, 0.25) is 5.91 Å². The van der Waals surface area contributed by atoms with Crippen LogP contribution in [0.15, 0.2) is 12.2 Å². The lowest BCUT2D eigenvalue weighted by Gasteiger charge is -2.46. The zero-order valence-electron chi connectivity index (χ0n) is 54.2. The molecule has 2 fully saturated rings. The Morgan fingerprint density at radius 2 is 0.738 bits per heavy atom. The Labute approximate surface area is 514 Å². The minimum Gasteiger partial charge on any atom is -0.394 e. The summed E-state index contributed by atoms with van der Waals surface area (Å²) in [6.45, 7) is 2.85. The Kier molecular flexibility index (Phi) is 52.3. The third-order valence-electron chi connectivity index (χ3n) is 18.0. The Morgan fingerprint density at radius 1 is 0.417 bits per heavy atom. The van der Waals surface area contributed by atoms with E-state index < -0.39 is 86.8 Å². The van der Waals surface area contributed by atoms with Crippen molar-refractivity contribution in [2.45, 2.75) is 408 Å². The number of aliphatic hydroxyl groups is 8. The zero-order chi connectivity index (χ0) is 60.9. The molecular weight excluding hydrogens is 1060 g/mol. The molecule has 9 N–H and O–H groups in total. The Balaban J connectivity index is 1.61. The maximum Gasteiger partial charge on any atom is 0.220 e. The number of aliphatic hydroxyl groups excluding tert-OH is 8. The van der Waals surface area contributed by atoms with Gasteiger partial charge in [-0.25, -0.2) is 0 Å². The number of ether oxygens (including phenoxy) is 4. The van der Waals surface area contributed by atoms with Crippen LogP contribution in [0.5, 0.6) is 0 Å². The van der Waals surface area contributed by atoms with Crippen LogP contribution in [-0.4, -0.2) is 140 Å². The molecule has 14 nitrogen and oxygen atoms in total. The molecule has 14 heteroatoms. The van der Waals surface area contributed by atoms with Crippen LogP contribution in [0.4, 0.5) is 0 Å². The molecule has 2 heterocycles. The molecule has 0 aromatic carbocycles. The number of amides is 1. The molecule has 0 aromatic heterocycles. The van der Waals surface area contributed by atoms with Crippen molar-refractivity contribution >= 4 is 5.91 Å². The molecule has 0 aromatic rings. The zero-order valence-corrected chi connectivity index (χ0v) is 54.2. The summed E-state index contributed by atoms with van der Waals surface area (Å²) in [5.74, 6) is -0.231. The molecule has 12 unspecified atom stereocenters. The van der Waals surface area contributed by atoms with Crippen LogP contribution in [0.25, 0.3) is 0 Å². The van der Waals surface area contributed by atoms with Gasteiger partial charge in [0.05, 0.1) is 32.0 Å². The lowest BCUT2D eigenvalue weighted by Crippen LogP contribution is -2.65. The molecule has 2 aliphatic rings. The monoisotopic (exact) mass is 1200 g/mol. The topological polar surface area (TPSA) is 228 Å². The van der Waals surface area contributed by atoms with E-state index in [4.69, 9.17) is 18.9 Å². The molecular formula is C70H135NO13. The first-order chi connectivity index (χ1) is 41.1. The molecule has 2 saturated heterocycles. The van der Waals surface area contributed by atoms with Gasteiger partial charge in [0.1, 0.15) is 48.8 Å². The van der Waals surface area contributed by atoms with Crippen molar-refractivity contribution in [2.24, 2.45) is 0 Å². The summed E-state index contributed by atoms with van der Waals surface area (Å²) >= 11 is 0. The minimum absolute atomic E-state index is 0.231. The third-order valence-corrected chi connectivity index (χ3v) is 18.0. The van der Waals surface area contributed by atoms with Crippen molar-refractivity contribution in [1.82, 2.24) is 5.32 Å². The summed E-state index contributed by atoms with van der Waals surface area (Å²) < 4.78 is 22.8. The molecule has 0 bridgehead atoms. The van der Waals surface area contributed by atoms with Crippen molar-refractivity contribution in [3.05, 3.63) is 12.2 Å². The number of hydrogen-bond acceptors (Lipinski definition) is 13. The van der Waals surface area contributed by atoms with Crippen molar-refractivity contribution in [3.8, 4) is 0 Å². The van der Waals surface area contributed by atoms with Gasteiger partial charge < -0.3 is 65.1 Å². The predicted octanol–water partition coefficient (Wildman–Crippen LogP) is 14.6. The second-order valence-corrected chi connectivity index (χ2v) is 25.7. The minimum atomic E-state index is -1.79. The van der Waals surface area contributed by atoms with Crippen LogP contribution in [0.1, 0.15) is 335 Å². The van der Waals surface area contributed by atoms with Gasteiger partial charge >= 0.3 is 0 Å². The fourth-order valence-electron chi connectivity index (χ4n) is 12.2. The van der Waals surface area contributed by atoms with Crippen molar-refractivity contribution < 1.29 is 64.6 Å². The first-order valence-corrected chi connectivity index (χ1v) is 35.9. The summed E-state index contributed by atoms with van der Waals surface area (Å²) in [4.78, 5) is 13.3. The average molecular weight is 1200 g/mol. The van der Waals surface area contributed by atoms with Crippen LogP contribution in [-0.2, 0) is 23.7 Å². The quantitative estimate of drug-likeness (QED) is 0.0204. The molecule has 12 atom stereocenters. The van der Waals surface area contributed by atoms with Gasteiger partial charge in [0.15, 0.2) is 12.6 Å². The number of carbonyl (C=O) groups is 1. The number of carbonyl (C=O) groups excluding carboxylic acids is 1. The summed E-state index contributed by atoms with van der Waals surface area (Å²) in [5, 5.41) is 87.4. The number of nitrogens with one attached hydrogen (secondary N) is 1. The molecule has 0 aliphatic carbocycles. The van der Waals surface area contributed by atoms with Crippen molar-refractivity contribution in [2.75, 3.05) is 19.8 Å². The van der Waals surface area contributed by atoms with Gasteiger partial charge in [0.25, 0.3) is 0 Å². The Bertz CT molecular complexity index is 1460. The first-order valence-electron chi connectivity index (χ1n) is 35.9. The van der Waals surface area contributed by atoms with Gasteiger partial charge in [-0.15, -0.1) is 0 Å². The summed E-state index contributed by atoms with van der Waals surface area (Å²) in [5.41, 5.74) is 0. The SMILES string of the molecule is CCCCCCCCCCCCCCCCC/C=C/C(O)C(COC1OC(CO)C(OC2OC(CO)C(O)C(O)C2O)C(O)C1O)NC(=O)CCCCCCCCCCCCCCCCCCCCCCCCCCCCCCCCCCC. The smallest absolute Gasteiger partial charge is 0.220 e. The number of allylic oxidation sites excluding steroid dienone is 1. The van der Waals surface area contributed by atoms with E-state index in [-0.39, 0.29) is 18.9 Å². The Morgan fingerprint density at radius 3 is 1.10 bits per heavy atom. The molecule has 0 radical (unpaired) electrons. The molecule has 2 rings (SSSR count). The van der Waals surface area contributed by atoms with E-state index in [0.29, 0.717) is 0 Å². The van der Waals surface area contributed by atoms with E-state index in [2.05, 4.69) is 19.2 Å². The van der Waals surface area contributed by atoms with Crippen LogP contribution in [0.3, 0.4) is 0 Å². The summed E-state index contributed by atoms with van der Waals surface area (Å²) in [6, 6.07) is -0.911. The molecule has 498 valence electrons. The van der Waals surface area contributed by atoms with E-state index in [1.165, 1.54) is 270 Å². The van der Waals surface area contributed by atoms with Crippen LogP contribution < -0.4 is 5.32 Å². The van der Waals surface area contributed by atoms with Gasteiger partial charge in [-0.05, 0) is 19.3 Å². The lowest BCUT2D eigenvalue weighted by molar-refractivity contribution is -0.359. The highest BCUT2D eigenvalue weighted by molar-refractivity contribution is 5.76. The average Bonchev–Trinajstić information content (AvgIpc) is 3.61. The predicted molar refractivity (Wildman–Crippen MR) is 342 cm³/mol. The summed E-state index contributed by atoms with van der Waals surface area (Å²) in [7, 11) is 0. The number of unbranched alkanes of at least 4 members (excludes halogenated alkanes) is 47. The fraction of sp³-hybridized carbons (Fsp3) is 0.957. The molecule has 2 aliphatic heterocycles. The summed E-state index contributed by atoms with van der Waals surface area (Å²) in [6.07, 6.45) is 51.4. The lowest BCUT2D eigenvalue weighted by atomic mass is 9.97. The van der Waals surface area contributed by atoms with E-state index >= 15 is 0 Å². The fourth-order valence-corrected chi connectivity index (χ4v) is 12.2. The van der Waals surface area contributed by atoms with Crippen LogP contribution >= 0.6 is 0 Å². The highest BCUT2D eigenvalue weighted by atomic mass is 16.7.